The van der Waals surface area contributed by atoms with Crippen LogP contribution in [0.25, 0.3) is 11.0 Å². The molecule has 1 aromatic heterocycles. The Morgan fingerprint density at radius 2 is 2.00 bits per heavy atom. The van der Waals surface area contributed by atoms with Crippen LogP contribution in [0.15, 0.2) is 12.1 Å². The van der Waals surface area contributed by atoms with E-state index in [1.165, 1.54) is 0 Å². The lowest BCUT2D eigenvalue weighted by Gasteiger charge is -2.19. The Hall–Kier alpha value is -1.88. The van der Waals surface area contributed by atoms with Gasteiger partial charge in [-0.1, -0.05) is 13.3 Å². The number of hydrogen-bond acceptors (Lipinski definition) is 3. The maximum Gasteiger partial charge on any atom is 0.242 e. The molecule has 0 bridgehead atoms. The Morgan fingerprint density at radius 3 is 2.61 bits per heavy atom. The Kier molecular flexibility index (Phi) is 5.42. The fourth-order valence-corrected chi connectivity index (χ4v) is 2.66. The molecule has 0 saturated carbocycles. The minimum Gasteiger partial charge on any atom is -0.385 e. The number of imidazole rings is 1. The predicted octanol–water partition coefficient (Wildman–Crippen LogP) is 2.96. The molecule has 0 aliphatic heterocycles. The second-order valence-electron chi connectivity index (χ2n) is 6.33. The van der Waals surface area contributed by atoms with Gasteiger partial charge in [-0.05, 0) is 50.5 Å². The van der Waals surface area contributed by atoms with Crippen LogP contribution >= 0.6 is 0 Å². The molecule has 1 heterocycles. The molecule has 1 atom stereocenters. The number of aryl methyl sites for hydroxylation is 2. The van der Waals surface area contributed by atoms with Crippen LogP contribution in [0.1, 0.15) is 49.7 Å². The summed E-state index contributed by atoms with van der Waals surface area (Å²) in [6, 6.07) is 4.06. The van der Waals surface area contributed by atoms with E-state index in [0.717, 1.165) is 41.5 Å². The molecule has 1 N–H and O–H groups in total. The molecule has 1 unspecified atom stereocenters. The van der Waals surface area contributed by atoms with E-state index in [1.54, 1.807) is 11.8 Å². The third kappa shape index (κ3) is 3.72. The Balaban J connectivity index is 2.39. The fraction of sp³-hybridized carbons (Fsp3) is 0.556. The number of hydrogen-bond donors (Lipinski definition) is 1. The van der Waals surface area contributed by atoms with Gasteiger partial charge in [-0.15, -0.1) is 0 Å². The van der Waals surface area contributed by atoms with E-state index < -0.39 is 6.10 Å². The summed E-state index contributed by atoms with van der Waals surface area (Å²) in [4.78, 5) is 18.8. The van der Waals surface area contributed by atoms with Crippen molar-refractivity contribution < 1.29 is 9.90 Å². The molecule has 126 valence electrons. The highest BCUT2D eigenvalue weighted by molar-refractivity contribution is 5.82. The standard InChI is InChI=1S/C18H27N3O2/c1-6-7-8-20(5)17(23)11-21-16-10-13(3)12(2)9-15(16)19-18(21)14(4)22/h9-10,14,22H,6-8,11H2,1-5H3. The molecule has 0 saturated heterocycles. The van der Waals surface area contributed by atoms with Crippen molar-refractivity contribution in [3.8, 4) is 0 Å². The van der Waals surface area contributed by atoms with E-state index in [4.69, 9.17) is 0 Å². The Labute approximate surface area is 137 Å². The smallest absolute Gasteiger partial charge is 0.242 e. The molecule has 23 heavy (non-hydrogen) atoms. The van der Waals surface area contributed by atoms with Crippen molar-refractivity contribution in [2.45, 2.75) is 53.2 Å². The number of rotatable bonds is 6. The summed E-state index contributed by atoms with van der Waals surface area (Å²) in [6.45, 7) is 8.84. The molecule has 5 heteroatoms. The van der Waals surface area contributed by atoms with Gasteiger partial charge in [-0.3, -0.25) is 4.79 Å². The largest absolute Gasteiger partial charge is 0.385 e. The summed E-state index contributed by atoms with van der Waals surface area (Å²) in [7, 11) is 1.83. The van der Waals surface area contributed by atoms with Gasteiger partial charge < -0.3 is 14.6 Å². The third-order valence-electron chi connectivity index (χ3n) is 4.33. The molecule has 0 spiro atoms. The first-order chi connectivity index (χ1) is 10.8. The van der Waals surface area contributed by atoms with Crippen molar-refractivity contribution in [1.29, 1.82) is 0 Å². The number of fused-ring (bicyclic) bond motifs is 1. The molecule has 1 amide bonds. The number of aliphatic hydroxyl groups is 1. The molecule has 0 aliphatic carbocycles. The maximum atomic E-state index is 12.5. The van der Waals surface area contributed by atoms with E-state index in [1.807, 2.05) is 37.6 Å². The molecular formula is C18H27N3O2. The van der Waals surface area contributed by atoms with E-state index in [9.17, 15) is 9.90 Å². The highest BCUT2D eigenvalue weighted by Gasteiger charge is 2.19. The zero-order chi connectivity index (χ0) is 17.1. The molecule has 1 aromatic carbocycles. The molecule has 2 rings (SSSR count). The van der Waals surface area contributed by atoms with E-state index in [2.05, 4.69) is 11.9 Å². The summed E-state index contributed by atoms with van der Waals surface area (Å²) < 4.78 is 1.84. The Morgan fingerprint density at radius 1 is 1.35 bits per heavy atom. The van der Waals surface area contributed by atoms with Gasteiger partial charge in [0.2, 0.25) is 5.91 Å². The number of carbonyl (C=O) groups excluding carboxylic acids is 1. The highest BCUT2D eigenvalue weighted by atomic mass is 16.3. The maximum absolute atomic E-state index is 12.5. The summed E-state index contributed by atoms with van der Waals surface area (Å²) in [5.41, 5.74) is 4.04. The molecule has 0 fully saturated rings. The quantitative estimate of drug-likeness (QED) is 0.891. The average Bonchev–Trinajstić information content (AvgIpc) is 2.83. The van der Waals surface area contributed by atoms with Crippen molar-refractivity contribution in [2.75, 3.05) is 13.6 Å². The summed E-state index contributed by atoms with van der Waals surface area (Å²) >= 11 is 0. The van der Waals surface area contributed by atoms with Gasteiger partial charge in [0.15, 0.2) is 0 Å². The van der Waals surface area contributed by atoms with E-state index in [0.29, 0.717) is 5.82 Å². The van der Waals surface area contributed by atoms with Crippen LogP contribution in [0.2, 0.25) is 0 Å². The number of aliphatic hydroxyl groups excluding tert-OH is 1. The van der Waals surface area contributed by atoms with Gasteiger partial charge in [0, 0.05) is 13.6 Å². The lowest BCUT2D eigenvalue weighted by atomic mass is 10.1. The zero-order valence-electron chi connectivity index (χ0n) is 14.8. The van der Waals surface area contributed by atoms with Crippen molar-refractivity contribution in [3.05, 3.63) is 29.1 Å². The van der Waals surface area contributed by atoms with Crippen LogP contribution in [-0.4, -0.2) is 39.1 Å². The molecule has 5 nitrogen and oxygen atoms in total. The first-order valence-electron chi connectivity index (χ1n) is 8.24. The normalized spacial score (nSPS) is 12.6. The lowest BCUT2D eigenvalue weighted by Crippen LogP contribution is -2.31. The monoisotopic (exact) mass is 317 g/mol. The highest BCUT2D eigenvalue weighted by Crippen LogP contribution is 2.24. The van der Waals surface area contributed by atoms with Crippen LogP contribution in [-0.2, 0) is 11.3 Å². The van der Waals surface area contributed by atoms with Gasteiger partial charge >= 0.3 is 0 Å². The second-order valence-corrected chi connectivity index (χ2v) is 6.33. The van der Waals surface area contributed by atoms with Crippen molar-refractivity contribution in [1.82, 2.24) is 14.5 Å². The second kappa shape index (κ2) is 7.13. The molecule has 0 aliphatic rings. The minimum absolute atomic E-state index is 0.0397. The lowest BCUT2D eigenvalue weighted by molar-refractivity contribution is -0.130. The van der Waals surface area contributed by atoms with Crippen molar-refractivity contribution in [2.24, 2.45) is 0 Å². The number of carbonyl (C=O) groups is 1. The first-order valence-corrected chi connectivity index (χ1v) is 8.24. The molecule has 0 radical (unpaired) electrons. The van der Waals surface area contributed by atoms with Crippen LogP contribution in [0, 0.1) is 13.8 Å². The fourth-order valence-electron chi connectivity index (χ4n) is 2.66. The van der Waals surface area contributed by atoms with Crippen molar-refractivity contribution >= 4 is 16.9 Å². The van der Waals surface area contributed by atoms with Gasteiger partial charge in [0.05, 0.1) is 11.0 Å². The van der Waals surface area contributed by atoms with Crippen LogP contribution in [0.3, 0.4) is 0 Å². The van der Waals surface area contributed by atoms with E-state index in [-0.39, 0.29) is 12.5 Å². The van der Waals surface area contributed by atoms with Gasteiger partial charge in [0.25, 0.3) is 0 Å². The van der Waals surface area contributed by atoms with Crippen LogP contribution in [0.5, 0.6) is 0 Å². The molecular weight excluding hydrogens is 290 g/mol. The van der Waals surface area contributed by atoms with Crippen LogP contribution < -0.4 is 0 Å². The van der Waals surface area contributed by atoms with Gasteiger partial charge in [-0.2, -0.15) is 0 Å². The van der Waals surface area contributed by atoms with Crippen molar-refractivity contribution in [3.63, 3.8) is 0 Å². The third-order valence-corrected chi connectivity index (χ3v) is 4.33. The molecule has 2 aromatic rings. The average molecular weight is 317 g/mol. The topological polar surface area (TPSA) is 58.4 Å². The number of unbranched alkanes of at least 4 members (excludes halogenated alkanes) is 1. The SMILES string of the molecule is CCCCN(C)C(=O)Cn1c(C(C)O)nc2cc(C)c(C)cc21. The minimum atomic E-state index is -0.711. The first kappa shape index (κ1) is 17.5. The number of likely N-dealkylation sites (N-methyl/N-ethyl adjacent to an activating group) is 1. The number of amides is 1. The zero-order valence-corrected chi connectivity index (χ0v) is 14.8. The van der Waals surface area contributed by atoms with Gasteiger partial charge in [0.1, 0.15) is 18.5 Å². The number of nitrogens with zero attached hydrogens (tertiary/aromatic N) is 3. The van der Waals surface area contributed by atoms with Gasteiger partial charge in [-0.25, -0.2) is 4.98 Å². The summed E-state index contributed by atoms with van der Waals surface area (Å²) in [6.07, 6.45) is 1.34. The van der Waals surface area contributed by atoms with Crippen LogP contribution in [0.4, 0.5) is 0 Å². The summed E-state index contributed by atoms with van der Waals surface area (Å²) in [5, 5.41) is 10.0. The Bertz CT molecular complexity index is 704. The van der Waals surface area contributed by atoms with E-state index >= 15 is 0 Å². The number of aromatic nitrogens is 2. The predicted molar refractivity (Wildman–Crippen MR) is 92.4 cm³/mol. The summed E-state index contributed by atoms with van der Waals surface area (Å²) in [5.74, 6) is 0.583. The number of benzene rings is 1.